The number of ether oxygens (including phenoxy) is 1. The van der Waals surface area contributed by atoms with Gasteiger partial charge >= 0.3 is 16.4 Å². The summed E-state index contributed by atoms with van der Waals surface area (Å²) in [6, 6.07) is 0. The average Bonchev–Trinajstić information content (AvgIpc) is 2.31. The third-order valence-electron chi connectivity index (χ3n) is 2.55. The van der Waals surface area contributed by atoms with E-state index in [1.165, 1.54) is 25.7 Å². The molecule has 1 N–H and O–H groups in total. The molecule has 0 radical (unpaired) electrons. The molecule has 0 spiro atoms. The van der Waals surface area contributed by atoms with Crippen LogP contribution in [-0.2, 0) is 24.1 Å². The number of rotatable bonds is 12. The number of carbonyl (C=O) groups excluding carboxylic acids is 1. The predicted molar refractivity (Wildman–Crippen MR) is 71.1 cm³/mol. The molecule has 6 nitrogen and oxygen atoms in total. The van der Waals surface area contributed by atoms with Gasteiger partial charge in [0.05, 0.1) is 19.6 Å². The number of hydrogen-bond acceptors (Lipinski definition) is 5. The first-order valence-corrected chi connectivity index (χ1v) is 8.09. The van der Waals surface area contributed by atoms with Gasteiger partial charge in [-0.15, -0.1) is 0 Å². The Morgan fingerprint density at radius 3 is 2.16 bits per heavy atom. The predicted octanol–water partition coefficient (Wildman–Crippen LogP) is 2.49. The summed E-state index contributed by atoms with van der Waals surface area (Å²) in [4.78, 5) is 11.1. The standard InChI is InChI=1S/C12H24O6S/c1-2-3-4-5-6-7-8-10-17-12(13)9-11-18-19(14,15)16/h2-11H2,1H3,(H,14,15,16). The van der Waals surface area contributed by atoms with Gasteiger partial charge in [0.1, 0.15) is 0 Å². The Labute approximate surface area is 115 Å². The fourth-order valence-corrected chi connectivity index (χ4v) is 1.84. The molecule has 114 valence electrons. The Kier molecular flexibility index (Phi) is 10.8. The summed E-state index contributed by atoms with van der Waals surface area (Å²) in [6.45, 7) is 2.12. The molecule has 0 aromatic carbocycles. The fourth-order valence-electron chi connectivity index (χ4n) is 1.55. The maximum atomic E-state index is 11.1. The van der Waals surface area contributed by atoms with Gasteiger partial charge in [-0.2, -0.15) is 8.42 Å². The molecular weight excluding hydrogens is 272 g/mol. The van der Waals surface area contributed by atoms with Crippen molar-refractivity contribution >= 4 is 16.4 Å². The summed E-state index contributed by atoms with van der Waals surface area (Å²) >= 11 is 0. The summed E-state index contributed by atoms with van der Waals surface area (Å²) in [5.74, 6) is -0.519. The molecule has 0 aromatic rings. The van der Waals surface area contributed by atoms with E-state index >= 15 is 0 Å². The van der Waals surface area contributed by atoms with E-state index in [2.05, 4.69) is 11.1 Å². The first kappa shape index (κ1) is 18.3. The summed E-state index contributed by atoms with van der Waals surface area (Å²) in [6.07, 6.45) is 7.76. The van der Waals surface area contributed by atoms with Gasteiger partial charge in [-0.3, -0.25) is 9.35 Å². The quantitative estimate of drug-likeness (QED) is 0.338. The van der Waals surface area contributed by atoms with E-state index in [0.29, 0.717) is 6.61 Å². The third kappa shape index (κ3) is 15.3. The van der Waals surface area contributed by atoms with E-state index in [1.54, 1.807) is 0 Å². The highest BCUT2D eigenvalue weighted by Crippen LogP contribution is 2.07. The Balaban J connectivity index is 3.30. The molecule has 0 aliphatic heterocycles. The van der Waals surface area contributed by atoms with Gasteiger partial charge in [-0.25, -0.2) is 4.18 Å². The second kappa shape index (κ2) is 11.2. The lowest BCUT2D eigenvalue weighted by atomic mass is 10.1. The van der Waals surface area contributed by atoms with Crippen molar-refractivity contribution in [3.8, 4) is 0 Å². The average molecular weight is 296 g/mol. The largest absolute Gasteiger partial charge is 0.466 e. The lowest BCUT2D eigenvalue weighted by Crippen LogP contribution is -2.12. The zero-order valence-electron chi connectivity index (χ0n) is 11.5. The van der Waals surface area contributed by atoms with E-state index in [9.17, 15) is 13.2 Å². The van der Waals surface area contributed by atoms with Crippen LogP contribution in [0.1, 0.15) is 58.3 Å². The minimum absolute atomic E-state index is 0.184. The van der Waals surface area contributed by atoms with Crippen LogP contribution in [0.5, 0.6) is 0 Å². The molecule has 0 atom stereocenters. The first-order valence-electron chi connectivity index (χ1n) is 6.73. The molecule has 0 amide bonds. The maximum Gasteiger partial charge on any atom is 0.397 e. The van der Waals surface area contributed by atoms with Gasteiger partial charge in [0.15, 0.2) is 0 Å². The highest BCUT2D eigenvalue weighted by molar-refractivity contribution is 7.80. The lowest BCUT2D eigenvalue weighted by Gasteiger charge is -2.04. The van der Waals surface area contributed by atoms with Crippen molar-refractivity contribution in [1.82, 2.24) is 0 Å². The topological polar surface area (TPSA) is 89.9 Å². The van der Waals surface area contributed by atoms with E-state index in [0.717, 1.165) is 19.3 Å². The van der Waals surface area contributed by atoms with Crippen LogP contribution < -0.4 is 0 Å². The summed E-state index contributed by atoms with van der Waals surface area (Å²) in [7, 11) is -4.47. The van der Waals surface area contributed by atoms with Gasteiger partial charge in [0, 0.05) is 0 Å². The van der Waals surface area contributed by atoms with Crippen molar-refractivity contribution in [2.45, 2.75) is 58.3 Å². The van der Waals surface area contributed by atoms with E-state index in [1.807, 2.05) is 0 Å². The Bertz CT molecular complexity index is 325. The Morgan fingerprint density at radius 2 is 1.58 bits per heavy atom. The molecule has 0 saturated carbocycles. The van der Waals surface area contributed by atoms with Crippen LogP contribution >= 0.6 is 0 Å². The van der Waals surface area contributed by atoms with Crippen LogP contribution in [0.3, 0.4) is 0 Å². The zero-order valence-corrected chi connectivity index (χ0v) is 12.3. The molecule has 0 unspecified atom stereocenters. The van der Waals surface area contributed by atoms with E-state index in [-0.39, 0.29) is 6.42 Å². The molecule has 0 saturated heterocycles. The van der Waals surface area contributed by atoms with Crippen LogP contribution in [-0.4, -0.2) is 32.2 Å². The van der Waals surface area contributed by atoms with Crippen molar-refractivity contribution < 1.29 is 26.7 Å². The second-order valence-electron chi connectivity index (χ2n) is 4.34. The van der Waals surface area contributed by atoms with Crippen LogP contribution in [0.15, 0.2) is 0 Å². The molecule has 0 aliphatic rings. The van der Waals surface area contributed by atoms with Crippen LogP contribution in [0.2, 0.25) is 0 Å². The molecule has 0 fully saturated rings. The monoisotopic (exact) mass is 296 g/mol. The van der Waals surface area contributed by atoms with Crippen LogP contribution in [0, 0.1) is 0 Å². The molecule has 19 heavy (non-hydrogen) atoms. The third-order valence-corrected chi connectivity index (χ3v) is 3.01. The number of hydrogen-bond donors (Lipinski definition) is 1. The molecule has 0 aromatic heterocycles. The van der Waals surface area contributed by atoms with Crippen molar-refractivity contribution in [3.63, 3.8) is 0 Å². The fraction of sp³-hybridized carbons (Fsp3) is 0.917. The van der Waals surface area contributed by atoms with Crippen LogP contribution in [0.4, 0.5) is 0 Å². The summed E-state index contributed by atoms with van der Waals surface area (Å²) in [5, 5.41) is 0. The lowest BCUT2D eigenvalue weighted by molar-refractivity contribution is -0.144. The van der Waals surface area contributed by atoms with Crippen LogP contribution in [0.25, 0.3) is 0 Å². The molecule has 0 rings (SSSR count). The Hall–Kier alpha value is -0.660. The smallest absolute Gasteiger partial charge is 0.397 e. The number of unbranched alkanes of at least 4 members (excludes halogenated alkanes) is 6. The van der Waals surface area contributed by atoms with Gasteiger partial charge in [-0.05, 0) is 6.42 Å². The van der Waals surface area contributed by atoms with Gasteiger partial charge < -0.3 is 4.74 Å². The number of carbonyl (C=O) groups is 1. The van der Waals surface area contributed by atoms with E-state index < -0.39 is 23.0 Å². The zero-order chi connectivity index (χ0) is 14.6. The normalized spacial score (nSPS) is 11.5. The van der Waals surface area contributed by atoms with Gasteiger partial charge in [-0.1, -0.05) is 45.4 Å². The van der Waals surface area contributed by atoms with Crippen molar-refractivity contribution in [1.29, 1.82) is 0 Å². The maximum absolute atomic E-state index is 11.1. The molecule has 0 aliphatic carbocycles. The van der Waals surface area contributed by atoms with Gasteiger partial charge in [0.25, 0.3) is 0 Å². The molecule has 0 heterocycles. The first-order chi connectivity index (χ1) is 8.95. The second-order valence-corrected chi connectivity index (χ2v) is 5.43. The summed E-state index contributed by atoms with van der Waals surface area (Å²) < 4.78 is 37.6. The van der Waals surface area contributed by atoms with Gasteiger partial charge in [0.2, 0.25) is 0 Å². The SMILES string of the molecule is CCCCCCCCCOC(=O)CCOS(=O)(=O)O. The van der Waals surface area contributed by atoms with Crippen molar-refractivity contribution in [2.24, 2.45) is 0 Å². The Morgan fingerprint density at radius 1 is 1.00 bits per heavy atom. The summed E-state index contributed by atoms with van der Waals surface area (Å²) in [5.41, 5.74) is 0. The van der Waals surface area contributed by atoms with Crippen molar-refractivity contribution in [2.75, 3.05) is 13.2 Å². The highest BCUT2D eigenvalue weighted by Gasteiger charge is 2.08. The minimum atomic E-state index is -4.47. The molecule has 7 heteroatoms. The molecular formula is C12H24O6S. The van der Waals surface area contributed by atoms with E-state index in [4.69, 9.17) is 9.29 Å². The minimum Gasteiger partial charge on any atom is -0.466 e. The van der Waals surface area contributed by atoms with Crippen molar-refractivity contribution in [3.05, 3.63) is 0 Å². The molecule has 0 bridgehead atoms. The number of esters is 1. The highest BCUT2D eigenvalue weighted by atomic mass is 32.3.